The van der Waals surface area contributed by atoms with Gasteiger partial charge in [-0.1, -0.05) is 0 Å². The van der Waals surface area contributed by atoms with Crippen molar-refractivity contribution in [1.82, 2.24) is 0 Å². The zero-order valence-corrected chi connectivity index (χ0v) is 9.34. The number of carbonyl (C=O) groups is 1. The fourth-order valence-corrected chi connectivity index (χ4v) is 1.54. The molecule has 0 radical (unpaired) electrons. The second kappa shape index (κ2) is 5.47. The Bertz CT molecular complexity index is 454. The number of ether oxygens (including phenoxy) is 1. The Morgan fingerprint density at radius 2 is 2.31 bits per heavy atom. The summed E-state index contributed by atoms with van der Waals surface area (Å²) in [6.45, 7) is 0. The minimum absolute atomic E-state index is 0.0648. The average molecular weight is 242 g/mol. The van der Waals surface area contributed by atoms with Crippen molar-refractivity contribution in [3.8, 4) is 6.07 Å². The van der Waals surface area contributed by atoms with E-state index in [2.05, 4.69) is 4.74 Å². The molecule has 0 atom stereocenters. The van der Waals surface area contributed by atoms with Gasteiger partial charge in [-0.05, 0) is 17.7 Å². The van der Waals surface area contributed by atoms with Crippen molar-refractivity contribution < 1.29 is 13.9 Å². The molecule has 0 aromatic heterocycles. The molecule has 0 saturated carbocycles. The number of nitriles is 1. The van der Waals surface area contributed by atoms with Crippen LogP contribution in [-0.2, 0) is 21.8 Å². The second-order valence-electron chi connectivity index (χ2n) is 3.10. The number of hydrogen-bond acceptors (Lipinski definition) is 3. The van der Waals surface area contributed by atoms with Crippen LogP contribution >= 0.6 is 11.6 Å². The van der Waals surface area contributed by atoms with Crippen LogP contribution in [0.25, 0.3) is 0 Å². The number of hydrogen-bond donors (Lipinski definition) is 0. The van der Waals surface area contributed by atoms with Crippen molar-refractivity contribution in [2.45, 2.75) is 12.3 Å². The summed E-state index contributed by atoms with van der Waals surface area (Å²) in [5, 5.41) is 8.80. The van der Waals surface area contributed by atoms with Crippen molar-refractivity contribution >= 4 is 17.6 Å². The number of benzene rings is 1. The molecule has 84 valence electrons. The van der Waals surface area contributed by atoms with Gasteiger partial charge in [0.25, 0.3) is 0 Å². The number of halogens is 2. The van der Waals surface area contributed by atoms with E-state index in [4.69, 9.17) is 16.9 Å². The molecule has 0 bridgehead atoms. The third-order valence-electron chi connectivity index (χ3n) is 2.09. The molecule has 0 N–H and O–H groups in total. The van der Waals surface area contributed by atoms with Gasteiger partial charge in [-0.15, -0.1) is 11.6 Å². The van der Waals surface area contributed by atoms with Crippen LogP contribution in [0.2, 0.25) is 0 Å². The number of methoxy groups -OCH3 is 1. The lowest BCUT2D eigenvalue weighted by atomic mass is 10.0. The summed E-state index contributed by atoms with van der Waals surface area (Å²) >= 11 is 5.52. The van der Waals surface area contributed by atoms with E-state index in [1.54, 1.807) is 0 Å². The van der Waals surface area contributed by atoms with E-state index in [0.29, 0.717) is 5.56 Å². The van der Waals surface area contributed by atoms with Gasteiger partial charge in [0, 0.05) is 5.56 Å². The summed E-state index contributed by atoms with van der Waals surface area (Å²) in [4.78, 5) is 11.0. The SMILES string of the molecule is COC(=O)Cc1cc(F)c(CCl)c(C#N)c1. The molecule has 0 unspecified atom stereocenters. The van der Waals surface area contributed by atoms with Gasteiger partial charge in [0.2, 0.25) is 0 Å². The van der Waals surface area contributed by atoms with Crippen LogP contribution in [0.4, 0.5) is 4.39 Å². The fourth-order valence-electron chi connectivity index (χ4n) is 1.27. The number of nitrogens with zero attached hydrogens (tertiary/aromatic N) is 1. The lowest BCUT2D eigenvalue weighted by Gasteiger charge is -2.05. The molecular formula is C11H9ClFNO2. The second-order valence-corrected chi connectivity index (χ2v) is 3.37. The first-order valence-electron chi connectivity index (χ1n) is 4.46. The minimum atomic E-state index is -0.576. The van der Waals surface area contributed by atoms with Gasteiger partial charge >= 0.3 is 5.97 Å². The van der Waals surface area contributed by atoms with Crippen molar-refractivity contribution in [1.29, 1.82) is 5.26 Å². The maximum atomic E-state index is 13.5. The number of rotatable bonds is 3. The number of carbonyl (C=O) groups excluding carboxylic acids is 1. The molecule has 0 heterocycles. The molecule has 0 aliphatic carbocycles. The number of alkyl halides is 1. The Morgan fingerprint density at radius 3 is 2.81 bits per heavy atom. The van der Waals surface area contributed by atoms with Gasteiger partial charge in [-0.2, -0.15) is 5.26 Å². The summed E-state index contributed by atoms with van der Waals surface area (Å²) in [5.41, 5.74) is 0.696. The number of esters is 1. The molecule has 0 saturated heterocycles. The third-order valence-corrected chi connectivity index (χ3v) is 2.35. The fraction of sp³-hybridized carbons (Fsp3) is 0.273. The van der Waals surface area contributed by atoms with Crippen molar-refractivity contribution in [2.24, 2.45) is 0 Å². The Hall–Kier alpha value is -1.60. The average Bonchev–Trinajstić information content (AvgIpc) is 2.28. The Kier molecular flexibility index (Phi) is 4.27. The Labute approximate surface area is 97.4 Å². The first-order chi connectivity index (χ1) is 7.62. The van der Waals surface area contributed by atoms with Gasteiger partial charge in [0.1, 0.15) is 5.82 Å². The molecule has 16 heavy (non-hydrogen) atoms. The van der Waals surface area contributed by atoms with E-state index >= 15 is 0 Å². The lowest BCUT2D eigenvalue weighted by molar-refractivity contribution is -0.139. The molecule has 0 spiro atoms. The van der Waals surface area contributed by atoms with Crippen LogP contribution in [0.15, 0.2) is 12.1 Å². The smallest absolute Gasteiger partial charge is 0.309 e. The van der Waals surface area contributed by atoms with Crippen LogP contribution in [0.1, 0.15) is 16.7 Å². The Balaban J connectivity index is 3.12. The van der Waals surface area contributed by atoms with Crippen LogP contribution in [0.3, 0.4) is 0 Å². The van der Waals surface area contributed by atoms with Gasteiger partial charge < -0.3 is 4.74 Å². The summed E-state index contributed by atoms with van der Waals surface area (Å²) < 4.78 is 17.9. The first-order valence-corrected chi connectivity index (χ1v) is 5.00. The van der Waals surface area contributed by atoms with Crippen LogP contribution < -0.4 is 0 Å². The largest absolute Gasteiger partial charge is 0.469 e. The standard InChI is InChI=1S/C11H9ClFNO2/c1-16-11(15)4-7-2-8(6-14)9(5-12)10(13)3-7/h2-3H,4-5H2,1H3. The molecule has 0 aliphatic heterocycles. The molecule has 1 aromatic carbocycles. The normalized spacial score (nSPS) is 9.62. The van der Waals surface area contributed by atoms with Crippen molar-refractivity contribution in [3.63, 3.8) is 0 Å². The van der Waals surface area contributed by atoms with Gasteiger partial charge in [0.05, 0.1) is 31.0 Å². The third kappa shape index (κ3) is 2.71. The van der Waals surface area contributed by atoms with Crippen LogP contribution in [-0.4, -0.2) is 13.1 Å². The summed E-state index contributed by atoms with van der Waals surface area (Å²) in [5.74, 6) is -1.14. The summed E-state index contributed by atoms with van der Waals surface area (Å²) in [6.07, 6.45) is -0.0648. The van der Waals surface area contributed by atoms with Crippen LogP contribution in [0, 0.1) is 17.1 Å². The molecule has 1 rings (SSSR count). The lowest BCUT2D eigenvalue weighted by Crippen LogP contribution is -2.06. The van der Waals surface area contributed by atoms with Crippen LogP contribution in [0.5, 0.6) is 0 Å². The first kappa shape index (κ1) is 12.5. The highest BCUT2D eigenvalue weighted by Crippen LogP contribution is 2.18. The predicted octanol–water partition coefficient (Wildman–Crippen LogP) is 2.15. The monoisotopic (exact) mass is 241 g/mol. The zero-order chi connectivity index (χ0) is 12.1. The van der Waals surface area contributed by atoms with E-state index in [1.165, 1.54) is 19.2 Å². The van der Waals surface area contributed by atoms with E-state index in [0.717, 1.165) is 0 Å². The van der Waals surface area contributed by atoms with Gasteiger partial charge in [-0.25, -0.2) is 4.39 Å². The maximum absolute atomic E-state index is 13.5. The highest BCUT2D eigenvalue weighted by molar-refractivity contribution is 6.17. The quantitative estimate of drug-likeness (QED) is 0.602. The van der Waals surface area contributed by atoms with E-state index < -0.39 is 11.8 Å². The molecule has 0 aliphatic rings. The maximum Gasteiger partial charge on any atom is 0.309 e. The van der Waals surface area contributed by atoms with E-state index in [9.17, 15) is 9.18 Å². The highest BCUT2D eigenvalue weighted by Gasteiger charge is 2.12. The zero-order valence-electron chi connectivity index (χ0n) is 8.59. The van der Waals surface area contributed by atoms with E-state index in [1.807, 2.05) is 6.07 Å². The van der Waals surface area contributed by atoms with E-state index in [-0.39, 0.29) is 23.4 Å². The minimum Gasteiger partial charge on any atom is -0.469 e. The summed E-state index contributed by atoms with van der Waals surface area (Å²) in [6, 6.07) is 4.47. The van der Waals surface area contributed by atoms with Crippen molar-refractivity contribution in [2.75, 3.05) is 7.11 Å². The molecule has 5 heteroatoms. The molecule has 0 fully saturated rings. The predicted molar refractivity (Wildman–Crippen MR) is 56.4 cm³/mol. The molecule has 1 aromatic rings. The molecule has 0 amide bonds. The summed E-state index contributed by atoms with van der Waals surface area (Å²) in [7, 11) is 1.25. The van der Waals surface area contributed by atoms with Crippen molar-refractivity contribution in [3.05, 3.63) is 34.6 Å². The van der Waals surface area contributed by atoms with Gasteiger partial charge in [-0.3, -0.25) is 4.79 Å². The molecule has 3 nitrogen and oxygen atoms in total. The Morgan fingerprint density at radius 1 is 1.62 bits per heavy atom. The van der Waals surface area contributed by atoms with Gasteiger partial charge in [0.15, 0.2) is 0 Å². The topological polar surface area (TPSA) is 50.1 Å². The highest BCUT2D eigenvalue weighted by atomic mass is 35.5. The molecular weight excluding hydrogens is 233 g/mol.